The third-order valence-corrected chi connectivity index (χ3v) is 6.68. The normalized spacial score (nSPS) is 12.7. The van der Waals surface area contributed by atoms with Gasteiger partial charge >= 0.3 is 12.1 Å². The fraction of sp³-hybridized carbons (Fsp3) is 0.655. The first-order valence-electron chi connectivity index (χ1n) is 13.7. The van der Waals surface area contributed by atoms with Crippen molar-refractivity contribution >= 4 is 35.6 Å². The van der Waals surface area contributed by atoms with Gasteiger partial charge in [-0.3, -0.25) is 14.4 Å². The van der Waals surface area contributed by atoms with E-state index in [1.807, 2.05) is 37.4 Å². The molecule has 0 aromatic heterocycles. The summed E-state index contributed by atoms with van der Waals surface area (Å²) in [5.41, 5.74) is 0.992. The number of esters is 1. The fourth-order valence-corrected chi connectivity index (χ4v) is 4.43. The van der Waals surface area contributed by atoms with Crippen LogP contribution in [0.25, 0.3) is 0 Å². The Kier molecular flexibility index (Phi) is 15.6. The molecule has 0 aliphatic heterocycles. The predicted molar refractivity (Wildman–Crippen MR) is 156 cm³/mol. The molecule has 0 radical (unpaired) electrons. The fourth-order valence-electron chi connectivity index (χ4n) is 3.96. The minimum Gasteiger partial charge on any atom is -0.468 e. The number of rotatable bonds is 16. The van der Waals surface area contributed by atoms with Gasteiger partial charge in [0.25, 0.3) is 0 Å². The Morgan fingerprint density at radius 3 is 2.23 bits per heavy atom. The number of hydrogen-bond donors (Lipinski definition) is 2. The minimum absolute atomic E-state index is 0.316. The topological polar surface area (TPSA) is 114 Å². The van der Waals surface area contributed by atoms with E-state index in [-0.39, 0.29) is 12.5 Å². The van der Waals surface area contributed by atoms with Crippen LogP contribution < -0.4 is 10.6 Å². The van der Waals surface area contributed by atoms with Crippen molar-refractivity contribution in [1.82, 2.24) is 15.5 Å². The summed E-state index contributed by atoms with van der Waals surface area (Å²) in [7, 11) is 1.25. The molecule has 39 heavy (non-hydrogen) atoms. The highest BCUT2D eigenvalue weighted by molar-refractivity contribution is 7.98. The van der Waals surface area contributed by atoms with Gasteiger partial charge in [-0.05, 0) is 63.2 Å². The number of nitrogens with zero attached hydrogens (tertiary/aromatic N) is 1. The Labute approximate surface area is 238 Å². The van der Waals surface area contributed by atoms with Crippen molar-refractivity contribution < 1.29 is 28.7 Å². The summed E-state index contributed by atoms with van der Waals surface area (Å²) in [6.45, 7) is 9.41. The lowest BCUT2D eigenvalue weighted by Crippen LogP contribution is -2.53. The molecule has 3 amide bonds. The van der Waals surface area contributed by atoms with E-state index in [9.17, 15) is 19.2 Å². The zero-order valence-corrected chi connectivity index (χ0v) is 25.4. The molecule has 1 aromatic rings. The van der Waals surface area contributed by atoms with Gasteiger partial charge < -0.3 is 25.0 Å². The van der Waals surface area contributed by atoms with Gasteiger partial charge in [-0.15, -0.1) is 0 Å². The number of hydrogen-bond acceptors (Lipinski definition) is 7. The van der Waals surface area contributed by atoms with Gasteiger partial charge in [-0.25, -0.2) is 4.79 Å². The number of aryl methyl sites for hydroxylation is 1. The molecule has 1 rings (SSSR count). The largest absolute Gasteiger partial charge is 0.468 e. The van der Waals surface area contributed by atoms with E-state index in [2.05, 4.69) is 22.3 Å². The van der Waals surface area contributed by atoms with Gasteiger partial charge in [0.15, 0.2) is 0 Å². The number of carbonyl (C=O) groups excluding carboxylic acids is 4. The van der Waals surface area contributed by atoms with E-state index >= 15 is 0 Å². The second-order valence-corrected chi connectivity index (χ2v) is 11.3. The second-order valence-electron chi connectivity index (χ2n) is 10.4. The van der Waals surface area contributed by atoms with Crippen LogP contribution in [0.1, 0.15) is 83.9 Å². The molecular formula is C29H47N3O6S. The molecule has 1 aromatic carbocycles. The number of benzene rings is 1. The molecule has 0 heterocycles. The maximum absolute atomic E-state index is 14.1. The van der Waals surface area contributed by atoms with Crippen molar-refractivity contribution in [3.63, 3.8) is 0 Å². The molecular weight excluding hydrogens is 518 g/mol. The van der Waals surface area contributed by atoms with Crippen LogP contribution in [0.2, 0.25) is 0 Å². The van der Waals surface area contributed by atoms with Gasteiger partial charge in [0.2, 0.25) is 11.8 Å². The molecule has 0 bridgehead atoms. The molecule has 0 aliphatic rings. The molecule has 0 spiro atoms. The van der Waals surface area contributed by atoms with E-state index < -0.39 is 35.7 Å². The Bertz CT molecular complexity index is 917. The average Bonchev–Trinajstić information content (AvgIpc) is 2.89. The number of nitrogens with one attached hydrogen (secondary N) is 2. The third kappa shape index (κ3) is 12.8. The van der Waals surface area contributed by atoms with Gasteiger partial charge in [0.1, 0.15) is 24.2 Å². The number of thioether (sulfide) groups is 1. The highest BCUT2D eigenvalue weighted by Gasteiger charge is 2.36. The van der Waals surface area contributed by atoms with Gasteiger partial charge in [0.05, 0.1) is 7.11 Å². The highest BCUT2D eigenvalue weighted by atomic mass is 32.2. The van der Waals surface area contributed by atoms with Crippen LogP contribution in [0, 0.1) is 0 Å². The van der Waals surface area contributed by atoms with Crippen LogP contribution in [0.15, 0.2) is 24.3 Å². The first-order chi connectivity index (χ1) is 18.5. The molecule has 0 saturated heterocycles. The lowest BCUT2D eigenvalue weighted by atomic mass is 9.99. The van der Waals surface area contributed by atoms with Crippen LogP contribution in [-0.4, -0.2) is 72.6 Å². The summed E-state index contributed by atoms with van der Waals surface area (Å²) in [6, 6.07) is 5.66. The minimum atomic E-state index is -0.994. The number of carbonyl (C=O) groups is 4. The maximum Gasteiger partial charge on any atom is 0.408 e. The first kappa shape index (κ1) is 34.3. The summed E-state index contributed by atoms with van der Waals surface area (Å²) in [4.78, 5) is 53.7. The first-order valence-corrected chi connectivity index (χ1v) is 15.1. The standard InChI is InChI=1S/C29H47N3O6S/c1-8-10-11-12-18-32(27(35)23(17-19-39-7)31-28(36)38-29(3,4)5)25(26(34)30-20-24(33)37-6)22-15-13-21(9-2)14-16-22/h13-16,23,25H,8-12,17-20H2,1-7H3,(H,30,34)(H,31,36). The smallest absolute Gasteiger partial charge is 0.408 e. The van der Waals surface area contributed by atoms with Gasteiger partial charge in [0, 0.05) is 6.54 Å². The Morgan fingerprint density at radius 1 is 1.03 bits per heavy atom. The van der Waals surface area contributed by atoms with Crippen molar-refractivity contribution in [3.05, 3.63) is 35.4 Å². The SMILES string of the molecule is CCCCCCN(C(=O)C(CCSC)NC(=O)OC(C)(C)C)C(C(=O)NCC(=O)OC)c1ccc(CC)cc1. The van der Waals surface area contributed by atoms with Crippen molar-refractivity contribution in [1.29, 1.82) is 0 Å². The summed E-state index contributed by atoms with van der Waals surface area (Å²) >= 11 is 1.56. The van der Waals surface area contributed by atoms with Gasteiger partial charge in [-0.1, -0.05) is 57.4 Å². The molecule has 2 unspecified atom stereocenters. The zero-order chi connectivity index (χ0) is 29.4. The van der Waals surface area contributed by atoms with Crippen LogP contribution in [0.5, 0.6) is 0 Å². The van der Waals surface area contributed by atoms with Crippen molar-refractivity contribution in [2.24, 2.45) is 0 Å². The number of ether oxygens (including phenoxy) is 2. The van der Waals surface area contributed by atoms with Crippen molar-refractivity contribution in [3.8, 4) is 0 Å². The van der Waals surface area contributed by atoms with E-state index in [1.165, 1.54) is 12.0 Å². The predicted octanol–water partition coefficient (Wildman–Crippen LogP) is 4.63. The molecule has 0 fully saturated rings. The Hall–Kier alpha value is -2.75. The van der Waals surface area contributed by atoms with Crippen molar-refractivity contribution in [2.75, 3.05) is 32.2 Å². The molecule has 9 nitrogen and oxygen atoms in total. The Morgan fingerprint density at radius 2 is 1.69 bits per heavy atom. The molecule has 220 valence electrons. The highest BCUT2D eigenvalue weighted by Crippen LogP contribution is 2.25. The molecule has 0 aliphatic carbocycles. The third-order valence-electron chi connectivity index (χ3n) is 6.03. The summed E-state index contributed by atoms with van der Waals surface area (Å²) in [5, 5.41) is 5.37. The van der Waals surface area contributed by atoms with Crippen LogP contribution >= 0.6 is 11.8 Å². The van der Waals surface area contributed by atoms with Crippen LogP contribution in [0.3, 0.4) is 0 Å². The Balaban J connectivity index is 3.47. The number of unbranched alkanes of at least 4 members (excludes halogenated alkanes) is 3. The van der Waals surface area contributed by atoms with Crippen molar-refractivity contribution in [2.45, 2.75) is 90.8 Å². The number of amides is 3. The van der Waals surface area contributed by atoms with Crippen LogP contribution in [-0.2, 0) is 30.3 Å². The summed E-state index contributed by atoms with van der Waals surface area (Å²) in [6.07, 6.45) is 6.04. The van der Waals surface area contributed by atoms with E-state index in [0.29, 0.717) is 30.7 Å². The van der Waals surface area contributed by atoms with E-state index in [4.69, 9.17) is 4.74 Å². The lowest BCUT2D eigenvalue weighted by molar-refractivity contribution is -0.144. The number of alkyl carbamates (subject to hydrolysis) is 1. The zero-order valence-electron chi connectivity index (χ0n) is 24.6. The van der Waals surface area contributed by atoms with E-state index in [0.717, 1.165) is 31.2 Å². The quantitative estimate of drug-likeness (QED) is 0.222. The summed E-state index contributed by atoms with van der Waals surface area (Å²) in [5.74, 6) is -0.826. The second kappa shape index (κ2) is 17.8. The van der Waals surface area contributed by atoms with Gasteiger partial charge in [-0.2, -0.15) is 11.8 Å². The number of methoxy groups -OCH3 is 1. The summed E-state index contributed by atoms with van der Waals surface area (Å²) < 4.78 is 10.1. The monoisotopic (exact) mass is 565 g/mol. The van der Waals surface area contributed by atoms with E-state index in [1.54, 1.807) is 32.5 Å². The average molecular weight is 566 g/mol. The molecule has 2 atom stereocenters. The maximum atomic E-state index is 14.1. The molecule has 2 N–H and O–H groups in total. The lowest BCUT2D eigenvalue weighted by Gasteiger charge is -2.34. The molecule has 10 heteroatoms. The molecule has 0 saturated carbocycles. The van der Waals surface area contributed by atoms with Crippen LogP contribution in [0.4, 0.5) is 4.79 Å².